The predicted molar refractivity (Wildman–Crippen MR) is 82.1 cm³/mol. The van der Waals surface area contributed by atoms with Crippen LogP contribution in [0.4, 0.5) is 5.69 Å². The SMILES string of the molecule is CC(Cc1ccccc1)Nc1cccc(Br)c1C#N. The Bertz CT molecular complexity index is 587. The average Bonchev–Trinajstić information content (AvgIpc) is 2.40. The quantitative estimate of drug-likeness (QED) is 0.910. The molecule has 0 aromatic heterocycles. The number of hydrogen-bond donors (Lipinski definition) is 1. The molecule has 2 rings (SSSR count). The van der Waals surface area contributed by atoms with Gasteiger partial charge in [-0.3, -0.25) is 0 Å². The van der Waals surface area contributed by atoms with E-state index in [4.69, 9.17) is 0 Å². The van der Waals surface area contributed by atoms with E-state index >= 15 is 0 Å². The number of benzene rings is 2. The van der Waals surface area contributed by atoms with Gasteiger partial charge in [0.05, 0.1) is 11.3 Å². The van der Waals surface area contributed by atoms with Crippen LogP contribution in [0.3, 0.4) is 0 Å². The van der Waals surface area contributed by atoms with Gasteiger partial charge in [-0.25, -0.2) is 0 Å². The molecule has 1 atom stereocenters. The maximum Gasteiger partial charge on any atom is 0.103 e. The molecule has 0 saturated heterocycles. The Morgan fingerprint density at radius 3 is 2.58 bits per heavy atom. The predicted octanol–water partition coefficient (Wildman–Crippen LogP) is 4.36. The van der Waals surface area contributed by atoms with Gasteiger partial charge >= 0.3 is 0 Å². The van der Waals surface area contributed by atoms with Gasteiger partial charge in [0, 0.05) is 10.5 Å². The van der Waals surface area contributed by atoms with Gasteiger partial charge in [-0.1, -0.05) is 36.4 Å². The highest BCUT2D eigenvalue weighted by Crippen LogP contribution is 2.24. The number of halogens is 1. The van der Waals surface area contributed by atoms with Gasteiger partial charge in [0.1, 0.15) is 6.07 Å². The molecule has 2 aromatic rings. The minimum atomic E-state index is 0.267. The van der Waals surface area contributed by atoms with Crippen LogP contribution in [0.5, 0.6) is 0 Å². The Morgan fingerprint density at radius 1 is 1.16 bits per heavy atom. The molecule has 0 aliphatic rings. The first-order valence-electron chi connectivity index (χ1n) is 6.20. The summed E-state index contributed by atoms with van der Waals surface area (Å²) in [7, 11) is 0. The first kappa shape index (κ1) is 13.6. The minimum absolute atomic E-state index is 0.267. The van der Waals surface area contributed by atoms with Gasteiger partial charge in [-0.05, 0) is 47.0 Å². The summed E-state index contributed by atoms with van der Waals surface area (Å²) in [5, 5.41) is 12.6. The summed E-state index contributed by atoms with van der Waals surface area (Å²) in [5.41, 5.74) is 2.82. The van der Waals surface area contributed by atoms with Gasteiger partial charge in [0.25, 0.3) is 0 Å². The lowest BCUT2D eigenvalue weighted by molar-refractivity contribution is 0.790. The van der Waals surface area contributed by atoms with E-state index in [2.05, 4.69) is 46.4 Å². The van der Waals surface area contributed by atoms with E-state index in [0.29, 0.717) is 5.56 Å². The summed E-state index contributed by atoms with van der Waals surface area (Å²) >= 11 is 3.40. The Morgan fingerprint density at radius 2 is 1.89 bits per heavy atom. The van der Waals surface area contributed by atoms with Crippen molar-refractivity contribution in [3.8, 4) is 6.07 Å². The average molecular weight is 315 g/mol. The molecule has 1 unspecified atom stereocenters. The zero-order valence-electron chi connectivity index (χ0n) is 10.7. The third kappa shape index (κ3) is 3.59. The third-order valence-electron chi connectivity index (χ3n) is 2.91. The maximum atomic E-state index is 9.18. The zero-order valence-corrected chi connectivity index (χ0v) is 12.3. The molecule has 0 fully saturated rings. The molecule has 2 aromatic carbocycles. The topological polar surface area (TPSA) is 35.8 Å². The summed E-state index contributed by atoms with van der Waals surface area (Å²) < 4.78 is 0.826. The van der Waals surface area contributed by atoms with Crippen molar-refractivity contribution in [2.45, 2.75) is 19.4 Å². The van der Waals surface area contributed by atoms with Gasteiger partial charge in [0.2, 0.25) is 0 Å². The standard InChI is InChI=1S/C16H15BrN2/c1-12(10-13-6-3-2-4-7-13)19-16-9-5-8-15(17)14(16)11-18/h2-9,12,19H,10H2,1H3. The van der Waals surface area contributed by atoms with Crippen LogP contribution < -0.4 is 5.32 Å². The lowest BCUT2D eigenvalue weighted by atomic mass is 10.1. The van der Waals surface area contributed by atoms with Gasteiger partial charge < -0.3 is 5.32 Å². The molecule has 1 N–H and O–H groups in total. The number of hydrogen-bond acceptors (Lipinski definition) is 2. The van der Waals surface area contributed by atoms with E-state index in [1.807, 2.05) is 36.4 Å². The van der Waals surface area contributed by atoms with Crippen LogP contribution in [-0.2, 0) is 6.42 Å². The lowest BCUT2D eigenvalue weighted by Gasteiger charge is -2.16. The van der Waals surface area contributed by atoms with E-state index in [1.54, 1.807) is 0 Å². The Kier molecular flexibility index (Phi) is 4.59. The van der Waals surface area contributed by atoms with E-state index in [1.165, 1.54) is 5.56 Å². The molecule has 0 amide bonds. The normalized spacial score (nSPS) is 11.6. The fourth-order valence-electron chi connectivity index (χ4n) is 2.04. The highest BCUT2D eigenvalue weighted by atomic mass is 79.9. The first-order chi connectivity index (χ1) is 9.20. The molecule has 0 aliphatic carbocycles. The highest BCUT2D eigenvalue weighted by molar-refractivity contribution is 9.10. The summed E-state index contributed by atoms with van der Waals surface area (Å²) in [5.74, 6) is 0. The van der Waals surface area contributed by atoms with E-state index in [0.717, 1.165) is 16.6 Å². The van der Waals surface area contributed by atoms with Gasteiger partial charge in [-0.15, -0.1) is 0 Å². The Hall–Kier alpha value is -1.79. The van der Waals surface area contributed by atoms with Gasteiger partial charge in [-0.2, -0.15) is 5.26 Å². The highest BCUT2D eigenvalue weighted by Gasteiger charge is 2.09. The third-order valence-corrected chi connectivity index (χ3v) is 3.57. The van der Waals surface area contributed by atoms with Crippen LogP contribution in [0, 0.1) is 11.3 Å². The molecule has 0 heterocycles. The van der Waals surface area contributed by atoms with Crippen molar-refractivity contribution in [2.24, 2.45) is 0 Å². The minimum Gasteiger partial charge on any atom is -0.381 e. The monoisotopic (exact) mass is 314 g/mol. The molecule has 19 heavy (non-hydrogen) atoms. The largest absolute Gasteiger partial charge is 0.381 e. The second kappa shape index (κ2) is 6.40. The maximum absolute atomic E-state index is 9.18. The van der Waals surface area contributed by atoms with Crippen molar-refractivity contribution in [1.82, 2.24) is 0 Å². The van der Waals surface area contributed by atoms with Crippen molar-refractivity contribution in [1.29, 1.82) is 5.26 Å². The molecule has 96 valence electrons. The molecular formula is C16H15BrN2. The lowest BCUT2D eigenvalue weighted by Crippen LogP contribution is -2.18. The number of rotatable bonds is 4. The molecule has 2 nitrogen and oxygen atoms in total. The van der Waals surface area contributed by atoms with Crippen LogP contribution >= 0.6 is 15.9 Å². The fraction of sp³-hybridized carbons (Fsp3) is 0.188. The van der Waals surface area contributed by atoms with Crippen LogP contribution in [0.1, 0.15) is 18.1 Å². The first-order valence-corrected chi connectivity index (χ1v) is 6.99. The van der Waals surface area contributed by atoms with Crippen LogP contribution in [0.15, 0.2) is 53.0 Å². The zero-order chi connectivity index (χ0) is 13.7. The fourth-order valence-corrected chi connectivity index (χ4v) is 2.50. The molecule has 0 spiro atoms. The molecule has 3 heteroatoms. The van der Waals surface area contributed by atoms with Crippen molar-refractivity contribution < 1.29 is 0 Å². The molecule has 0 aliphatic heterocycles. The van der Waals surface area contributed by atoms with Crippen LogP contribution in [0.25, 0.3) is 0 Å². The van der Waals surface area contributed by atoms with Crippen molar-refractivity contribution in [2.75, 3.05) is 5.32 Å². The Balaban J connectivity index is 2.10. The second-order valence-electron chi connectivity index (χ2n) is 4.51. The number of nitriles is 1. The molecule has 0 saturated carbocycles. The van der Waals surface area contributed by atoms with Crippen LogP contribution in [-0.4, -0.2) is 6.04 Å². The van der Waals surface area contributed by atoms with E-state index in [9.17, 15) is 5.26 Å². The Labute approximate surface area is 122 Å². The number of anilines is 1. The van der Waals surface area contributed by atoms with Gasteiger partial charge in [0.15, 0.2) is 0 Å². The van der Waals surface area contributed by atoms with Crippen molar-refractivity contribution in [3.05, 3.63) is 64.1 Å². The van der Waals surface area contributed by atoms with E-state index in [-0.39, 0.29) is 6.04 Å². The molecule has 0 bridgehead atoms. The summed E-state index contributed by atoms with van der Waals surface area (Å²) in [6, 6.07) is 18.6. The summed E-state index contributed by atoms with van der Waals surface area (Å²) in [6.07, 6.45) is 0.929. The molecule has 0 radical (unpaired) electrons. The summed E-state index contributed by atoms with van der Waals surface area (Å²) in [4.78, 5) is 0. The molecular weight excluding hydrogens is 300 g/mol. The van der Waals surface area contributed by atoms with Crippen molar-refractivity contribution >= 4 is 21.6 Å². The smallest absolute Gasteiger partial charge is 0.103 e. The van der Waals surface area contributed by atoms with E-state index < -0.39 is 0 Å². The second-order valence-corrected chi connectivity index (χ2v) is 5.36. The van der Waals surface area contributed by atoms with Crippen LogP contribution in [0.2, 0.25) is 0 Å². The number of nitrogens with zero attached hydrogens (tertiary/aromatic N) is 1. The number of nitrogens with one attached hydrogen (secondary N) is 1. The summed E-state index contributed by atoms with van der Waals surface area (Å²) in [6.45, 7) is 2.12. The van der Waals surface area contributed by atoms with Crippen molar-refractivity contribution in [3.63, 3.8) is 0 Å².